The van der Waals surface area contributed by atoms with E-state index in [4.69, 9.17) is 37.0 Å². The van der Waals surface area contributed by atoms with Gasteiger partial charge in [0.05, 0.1) is 26.4 Å². The van der Waals surface area contributed by atoms with E-state index < -0.39 is 97.5 Å². The molecule has 0 heterocycles. The lowest BCUT2D eigenvalue weighted by atomic mass is 9.99. The quantitative estimate of drug-likeness (QED) is 0.0222. The molecule has 103 heavy (non-hydrogen) atoms. The molecule has 19 heteroatoms. The van der Waals surface area contributed by atoms with Crippen LogP contribution in [-0.4, -0.2) is 96.7 Å². The van der Waals surface area contributed by atoms with Gasteiger partial charge in [0.25, 0.3) is 0 Å². The van der Waals surface area contributed by atoms with E-state index in [9.17, 15) is 43.2 Å². The average Bonchev–Trinajstić information content (AvgIpc) is 0.968. The van der Waals surface area contributed by atoms with Gasteiger partial charge in [-0.25, -0.2) is 9.13 Å². The summed E-state index contributed by atoms with van der Waals surface area (Å²) in [6.45, 7) is 14.3. The molecule has 0 amide bonds. The minimum atomic E-state index is -4.97. The summed E-state index contributed by atoms with van der Waals surface area (Å²) < 4.78 is 68.8. The lowest BCUT2D eigenvalue weighted by Gasteiger charge is -2.21. The molecule has 0 bridgehead atoms. The van der Waals surface area contributed by atoms with Gasteiger partial charge in [0.15, 0.2) is 12.2 Å². The Bertz CT molecular complexity index is 2010. The van der Waals surface area contributed by atoms with Gasteiger partial charge in [-0.3, -0.25) is 37.3 Å². The molecule has 612 valence electrons. The van der Waals surface area contributed by atoms with Gasteiger partial charge < -0.3 is 33.8 Å². The van der Waals surface area contributed by atoms with Crippen molar-refractivity contribution < 1.29 is 80.2 Å². The lowest BCUT2D eigenvalue weighted by molar-refractivity contribution is -0.161. The predicted octanol–water partition coefficient (Wildman–Crippen LogP) is 25.2. The average molecular weight is 1510 g/mol. The van der Waals surface area contributed by atoms with Crippen molar-refractivity contribution in [3.05, 3.63) is 0 Å². The Hall–Kier alpha value is -1.94. The highest BCUT2D eigenvalue weighted by atomic mass is 31.2. The van der Waals surface area contributed by atoms with Gasteiger partial charge in [0, 0.05) is 25.7 Å². The summed E-state index contributed by atoms with van der Waals surface area (Å²) in [4.78, 5) is 73.1. The van der Waals surface area contributed by atoms with Gasteiger partial charge in [-0.1, -0.05) is 383 Å². The lowest BCUT2D eigenvalue weighted by Crippen LogP contribution is -2.30. The maximum atomic E-state index is 13.1. The first kappa shape index (κ1) is 101. The highest BCUT2D eigenvalue weighted by molar-refractivity contribution is 7.47. The van der Waals surface area contributed by atoms with Crippen LogP contribution in [0.3, 0.4) is 0 Å². The van der Waals surface area contributed by atoms with Crippen molar-refractivity contribution in [2.45, 2.75) is 453 Å². The molecule has 0 saturated carbocycles. The Labute approximate surface area is 632 Å². The highest BCUT2D eigenvalue weighted by Crippen LogP contribution is 2.45. The van der Waals surface area contributed by atoms with Gasteiger partial charge >= 0.3 is 39.5 Å². The smallest absolute Gasteiger partial charge is 0.462 e. The summed E-state index contributed by atoms with van der Waals surface area (Å²) >= 11 is 0. The van der Waals surface area contributed by atoms with Crippen molar-refractivity contribution in [2.75, 3.05) is 39.6 Å². The number of phosphoric ester groups is 2. The fraction of sp³-hybridized carbons (Fsp3) is 0.952. The van der Waals surface area contributed by atoms with Gasteiger partial charge in [0.1, 0.15) is 19.3 Å². The van der Waals surface area contributed by atoms with Crippen LogP contribution >= 0.6 is 15.6 Å². The van der Waals surface area contributed by atoms with Gasteiger partial charge in [-0.05, 0) is 49.4 Å². The monoisotopic (exact) mass is 1510 g/mol. The third-order valence-electron chi connectivity index (χ3n) is 20.7. The number of carbonyl (C=O) groups excluding carboxylic acids is 4. The van der Waals surface area contributed by atoms with Crippen molar-refractivity contribution >= 4 is 39.5 Å². The summed E-state index contributed by atoms with van der Waals surface area (Å²) in [6.07, 6.45) is 61.0. The van der Waals surface area contributed by atoms with Crippen LogP contribution in [0.25, 0.3) is 0 Å². The summed E-state index contributed by atoms with van der Waals surface area (Å²) in [6, 6.07) is 0. The van der Waals surface area contributed by atoms with E-state index in [1.807, 2.05) is 0 Å². The number of ether oxygens (including phenoxy) is 4. The normalized spacial score (nSPS) is 14.8. The molecule has 0 aliphatic heterocycles. The van der Waals surface area contributed by atoms with Crippen molar-refractivity contribution in [1.82, 2.24) is 0 Å². The molecule has 0 spiro atoms. The summed E-state index contributed by atoms with van der Waals surface area (Å²) in [5.41, 5.74) is 0. The Morgan fingerprint density at radius 3 is 0.689 bits per heavy atom. The highest BCUT2D eigenvalue weighted by Gasteiger charge is 2.30. The SMILES string of the molecule is CCC(C)CCCCCCCCCCCCCCCCCCCCC(=O)OC[C@H](COP(=O)(O)OCC(O)COP(=O)(O)OC[C@@H](COC(=O)CCCCCCCCCCC(C)C)OC(=O)CCCCCCCCCCC(C)CC)OC(=O)CCCCCCCCCCCCCCCCC(C)CC. The summed E-state index contributed by atoms with van der Waals surface area (Å²) in [5.74, 6) is 1.10. The van der Waals surface area contributed by atoms with Crippen molar-refractivity contribution in [3.63, 3.8) is 0 Å². The molecular formula is C84H164O17P2. The Balaban J connectivity index is 5.22. The Morgan fingerprint density at radius 2 is 0.466 bits per heavy atom. The van der Waals surface area contributed by atoms with E-state index in [1.165, 1.54) is 238 Å². The van der Waals surface area contributed by atoms with Crippen LogP contribution in [-0.2, 0) is 65.4 Å². The number of phosphoric acid groups is 2. The van der Waals surface area contributed by atoms with Crippen LogP contribution in [0.4, 0.5) is 0 Å². The van der Waals surface area contributed by atoms with E-state index in [0.717, 1.165) is 114 Å². The first-order valence-corrected chi connectivity index (χ1v) is 46.3. The molecule has 0 aliphatic rings. The number of aliphatic hydroxyl groups is 1. The number of rotatable bonds is 81. The molecular weight excluding hydrogens is 1340 g/mol. The first-order chi connectivity index (χ1) is 49.7. The van der Waals surface area contributed by atoms with Crippen LogP contribution in [0.1, 0.15) is 434 Å². The Morgan fingerprint density at radius 1 is 0.272 bits per heavy atom. The minimum absolute atomic E-state index is 0.104. The molecule has 3 N–H and O–H groups in total. The maximum absolute atomic E-state index is 13.1. The number of aliphatic hydroxyl groups excluding tert-OH is 1. The molecule has 8 atom stereocenters. The third-order valence-corrected chi connectivity index (χ3v) is 22.6. The molecule has 0 fully saturated rings. The van der Waals surface area contributed by atoms with Gasteiger partial charge in [-0.15, -0.1) is 0 Å². The topological polar surface area (TPSA) is 237 Å². The third kappa shape index (κ3) is 74.0. The van der Waals surface area contributed by atoms with Crippen LogP contribution in [0.2, 0.25) is 0 Å². The van der Waals surface area contributed by atoms with Crippen LogP contribution in [0.5, 0.6) is 0 Å². The van der Waals surface area contributed by atoms with E-state index in [-0.39, 0.29) is 25.7 Å². The maximum Gasteiger partial charge on any atom is 0.472 e. The van der Waals surface area contributed by atoms with E-state index in [1.54, 1.807) is 0 Å². The molecule has 17 nitrogen and oxygen atoms in total. The Kier molecular flexibility index (Phi) is 71.5. The number of unbranched alkanes of at least 4 members (excludes halogenated alkanes) is 44. The van der Waals surface area contributed by atoms with Crippen LogP contribution < -0.4 is 0 Å². The second-order valence-corrected chi connectivity index (χ2v) is 34.3. The molecule has 0 aromatic heterocycles. The summed E-state index contributed by atoms with van der Waals surface area (Å²) in [7, 11) is -9.93. The zero-order chi connectivity index (χ0) is 76.0. The first-order valence-electron chi connectivity index (χ1n) is 43.3. The second-order valence-electron chi connectivity index (χ2n) is 31.4. The minimum Gasteiger partial charge on any atom is -0.462 e. The van der Waals surface area contributed by atoms with Crippen molar-refractivity contribution in [2.24, 2.45) is 23.7 Å². The number of carbonyl (C=O) groups is 4. The number of hydrogen-bond acceptors (Lipinski definition) is 15. The molecule has 6 unspecified atom stereocenters. The van der Waals surface area contributed by atoms with Crippen LogP contribution in [0.15, 0.2) is 0 Å². The fourth-order valence-electron chi connectivity index (χ4n) is 12.9. The van der Waals surface area contributed by atoms with E-state index in [0.29, 0.717) is 25.7 Å². The fourth-order valence-corrected chi connectivity index (χ4v) is 14.4. The molecule has 0 rings (SSSR count). The number of esters is 4. The standard InChI is InChI=1S/C84H164O17P2/c1-9-75(6)61-53-45-37-28-24-20-16-14-12-13-15-17-22-26-30-40-48-56-64-81(86)94-70-79(100-83(88)66-58-50-42-31-27-23-19-18-21-25-29-38-46-54-62-76(7)10-2)72-98-102(90,91)96-68-78(85)69-97-103(92,93)99-73-80(71-95-82(87)65-57-49-41-34-32-36-44-52-60-74(4)5)101-84(89)67-59-51-43-35-33-39-47-55-63-77(8)11-3/h74-80,85H,9-73H2,1-8H3,(H,90,91)(H,92,93)/t75?,76?,77?,78?,79-,80-/m1/s1. The molecule has 0 saturated heterocycles. The molecule has 0 aromatic rings. The number of hydrogen-bond donors (Lipinski definition) is 3. The van der Waals surface area contributed by atoms with E-state index in [2.05, 4.69) is 55.4 Å². The van der Waals surface area contributed by atoms with Crippen molar-refractivity contribution in [1.29, 1.82) is 0 Å². The second kappa shape index (κ2) is 72.9. The van der Waals surface area contributed by atoms with Crippen molar-refractivity contribution in [3.8, 4) is 0 Å². The zero-order valence-electron chi connectivity index (χ0n) is 68.0. The molecule has 0 radical (unpaired) electrons. The molecule has 0 aromatic carbocycles. The van der Waals surface area contributed by atoms with Gasteiger partial charge in [0.2, 0.25) is 0 Å². The largest absolute Gasteiger partial charge is 0.472 e. The zero-order valence-corrected chi connectivity index (χ0v) is 69.7. The van der Waals surface area contributed by atoms with E-state index >= 15 is 0 Å². The summed E-state index contributed by atoms with van der Waals surface area (Å²) in [5, 5.41) is 10.7. The van der Waals surface area contributed by atoms with Gasteiger partial charge in [-0.2, -0.15) is 0 Å². The van der Waals surface area contributed by atoms with Crippen LogP contribution in [0, 0.1) is 23.7 Å². The predicted molar refractivity (Wildman–Crippen MR) is 423 cm³/mol. The molecule has 0 aliphatic carbocycles.